The van der Waals surface area contributed by atoms with Gasteiger partial charge < -0.3 is 10.1 Å². The Hall–Kier alpha value is -0.820. The number of rotatable bonds is 3. The number of carbonyl (C=O) groups excluding carboxylic acids is 1. The van der Waals surface area contributed by atoms with Crippen LogP contribution in [0.15, 0.2) is 23.1 Å². The molecule has 5 nitrogen and oxygen atoms in total. The van der Waals surface area contributed by atoms with Crippen molar-refractivity contribution in [2.45, 2.75) is 30.4 Å². The molecule has 0 radical (unpaired) electrons. The SMILES string of the molecule is CC1OCCC1NC(=O)c1cc(S(=O)(=O)Cl)ccc1Cl. The summed E-state index contributed by atoms with van der Waals surface area (Å²) >= 11 is 5.93. The van der Waals surface area contributed by atoms with Crippen LogP contribution in [0.1, 0.15) is 23.7 Å². The van der Waals surface area contributed by atoms with Crippen LogP contribution in [-0.2, 0) is 13.8 Å². The molecule has 20 heavy (non-hydrogen) atoms. The van der Waals surface area contributed by atoms with Gasteiger partial charge in [-0.2, -0.15) is 0 Å². The number of carbonyl (C=O) groups is 1. The van der Waals surface area contributed by atoms with Crippen molar-refractivity contribution in [2.24, 2.45) is 0 Å². The summed E-state index contributed by atoms with van der Waals surface area (Å²) in [6.45, 7) is 2.44. The number of amides is 1. The summed E-state index contributed by atoms with van der Waals surface area (Å²) in [6, 6.07) is 3.64. The van der Waals surface area contributed by atoms with Gasteiger partial charge in [-0.1, -0.05) is 11.6 Å². The largest absolute Gasteiger partial charge is 0.376 e. The molecule has 2 atom stereocenters. The summed E-state index contributed by atoms with van der Waals surface area (Å²) in [6.07, 6.45) is 0.621. The molecule has 2 rings (SSSR count). The molecule has 1 aliphatic rings. The van der Waals surface area contributed by atoms with Crippen LogP contribution in [0.4, 0.5) is 0 Å². The number of benzene rings is 1. The predicted molar refractivity (Wildman–Crippen MR) is 75.8 cm³/mol. The topological polar surface area (TPSA) is 72.5 Å². The fourth-order valence-corrected chi connectivity index (χ4v) is 2.98. The van der Waals surface area contributed by atoms with E-state index in [2.05, 4.69) is 5.32 Å². The lowest BCUT2D eigenvalue weighted by atomic mass is 10.1. The maximum atomic E-state index is 12.2. The molecule has 8 heteroatoms. The average Bonchev–Trinajstić information content (AvgIpc) is 2.74. The van der Waals surface area contributed by atoms with Crippen molar-refractivity contribution in [2.75, 3.05) is 6.61 Å². The van der Waals surface area contributed by atoms with Crippen LogP contribution in [0.5, 0.6) is 0 Å². The summed E-state index contributed by atoms with van der Waals surface area (Å²) in [5.74, 6) is -0.445. The van der Waals surface area contributed by atoms with Gasteiger partial charge in [-0.05, 0) is 31.5 Å². The molecule has 0 bridgehead atoms. The molecule has 0 spiro atoms. The molecule has 110 valence electrons. The van der Waals surface area contributed by atoms with Crippen LogP contribution < -0.4 is 5.32 Å². The highest BCUT2D eigenvalue weighted by Gasteiger charge is 2.27. The summed E-state index contributed by atoms with van der Waals surface area (Å²) in [4.78, 5) is 12.0. The van der Waals surface area contributed by atoms with E-state index in [-0.39, 0.29) is 27.6 Å². The second-order valence-corrected chi connectivity index (χ2v) is 7.50. The van der Waals surface area contributed by atoms with Crippen molar-refractivity contribution in [1.29, 1.82) is 0 Å². The Morgan fingerprint density at radius 1 is 1.45 bits per heavy atom. The van der Waals surface area contributed by atoms with Crippen LogP contribution in [-0.4, -0.2) is 33.1 Å². The van der Waals surface area contributed by atoms with E-state index in [0.717, 1.165) is 0 Å². The van der Waals surface area contributed by atoms with Crippen molar-refractivity contribution in [3.05, 3.63) is 28.8 Å². The minimum Gasteiger partial charge on any atom is -0.376 e. The fraction of sp³-hybridized carbons (Fsp3) is 0.417. The lowest BCUT2D eigenvalue weighted by Gasteiger charge is -2.16. The van der Waals surface area contributed by atoms with Crippen LogP contribution in [0.3, 0.4) is 0 Å². The summed E-state index contributed by atoms with van der Waals surface area (Å²) in [5, 5.41) is 2.94. The Kier molecular flexibility index (Phi) is 4.59. The van der Waals surface area contributed by atoms with Gasteiger partial charge in [-0.25, -0.2) is 8.42 Å². The second-order valence-electron chi connectivity index (χ2n) is 4.52. The zero-order valence-electron chi connectivity index (χ0n) is 10.6. The van der Waals surface area contributed by atoms with Crippen LogP contribution in [0.2, 0.25) is 5.02 Å². The predicted octanol–water partition coefficient (Wildman–Crippen LogP) is 2.17. The third-order valence-electron chi connectivity index (χ3n) is 3.16. The highest BCUT2D eigenvalue weighted by molar-refractivity contribution is 8.13. The second kappa shape index (κ2) is 5.89. The first-order valence-electron chi connectivity index (χ1n) is 5.95. The zero-order valence-corrected chi connectivity index (χ0v) is 12.9. The molecular formula is C12H13Cl2NO4S. The maximum Gasteiger partial charge on any atom is 0.261 e. The molecule has 2 unspecified atom stereocenters. The molecule has 0 aliphatic carbocycles. The summed E-state index contributed by atoms with van der Waals surface area (Å²) in [7, 11) is 1.35. The Labute approximate surface area is 126 Å². The Balaban J connectivity index is 2.25. The van der Waals surface area contributed by atoms with Crippen molar-refractivity contribution < 1.29 is 17.9 Å². The zero-order chi connectivity index (χ0) is 14.9. The lowest BCUT2D eigenvalue weighted by Crippen LogP contribution is -2.39. The van der Waals surface area contributed by atoms with Crippen molar-refractivity contribution >= 4 is 37.2 Å². The number of halogens is 2. The van der Waals surface area contributed by atoms with Crippen LogP contribution in [0, 0.1) is 0 Å². The van der Waals surface area contributed by atoms with Gasteiger partial charge >= 0.3 is 0 Å². The molecule has 1 aromatic carbocycles. The molecule has 0 saturated carbocycles. The van der Waals surface area contributed by atoms with Crippen LogP contribution >= 0.6 is 22.3 Å². The molecule has 1 fully saturated rings. The van der Waals surface area contributed by atoms with E-state index >= 15 is 0 Å². The van der Waals surface area contributed by atoms with Gasteiger partial charge in [0.2, 0.25) is 0 Å². The van der Waals surface area contributed by atoms with Crippen molar-refractivity contribution in [1.82, 2.24) is 5.32 Å². The van der Waals surface area contributed by atoms with Gasteiger partial charge in [-0.3, -0.25) is 4.79 Å². The van der Waals surface area contributed by atoms with E-state index in [0.29, 0.717) is 13.0 Å². The number of hydrogen-bond donors (Lipinski definition) is 1. The highest BCUT2D eigenvalue weighted by atomic mass is 35.7. The average molecular weight is 338 g/mol. The van der Waals surface area contributed by atoms with E-state index in [9.17, 15) is 13.2 Å². The van der Waals surface area contributed by atoms with Crippen molar-refractivity contribution in [3.63, 3.8) is 0 Å². The standard InChI is InChI=1S/C12H13Cl2NO4S/c1-7-11(4-5-19-7)15-12(16)9-6-8(20(14,17)18)2-3-10(9)13/h2-3,6-7,11H,4-5H2,1H3,(H,15,16). The molecule has 1 N–H and O–H groups in total. The summed E-state index contributed by atoms with van der Waals surface area (Å²) in [5.41, 5.74) is 0.0764. The fourth-order valence-electron chi connectivity index (χ4n) is 2.00. The van der Waals surface area contributed by atoms with Crippen molar-refractivity contribution in [3.8, 4) is 0 Å². The van der Waals surface area contributed by atoms with E-state index in [1.54, 1.807) is 0 Å². The smallest absolute Gasteiger partial charge is 0.261 e. The molecule has 1 saturated heterocycles. The van der Waals surface area contributed by atoms with Crippen LogP contribution in [0.25, 0.3) is 0 Å². The lowest BCUT2D eigenvalue weighted by molar-refractivity contribution is 0.0866. The van der Waals surface area contributed by atoms with E-state index in [1.165, 1.54) is 18.2 Å². The van der Waals surface area contributed by atoms with Gasteiger partial charge in [0, 0.05) is 17.3 Å². The normalized spacial score (nSPS) is 22.8. The quantitative estimate of drug-likeness (QED) is 0.858. The monoisotopic (exact) mass is 337 g/mol. The Morgan fingerprint density at radius 2 is 2.15 bits per heavy atom. The van der Waals surface area contributed by atoms with Gasteiger partial charge in [0.05, 0.1) is 27.6 Å². The molecule has 1 heterocycles. The maximum absolute atomic E-state index is 12.2. The number of ether oxygens (including phenoxy) is 1. The minimum absolute atomic E-state index is 0.0764. The summed E-state index contributed by atoms with van der Waals surface area (Å²) < 4.78 is 27.9. The third-order valence-corrected chi connectivity index (χ3v) is 4.84. The minimum atomic E-state index is -3.90. The highest BCUT2D eigenvalue weighted by Crippen LogP contribution is 2.23. The number of hydrogen-bond acceptors (Lipinski definition) is 4. The Bertz CT molecular complexity index is 632. The molecule has 1 amide bonds. The Morgan fingerprint density at radius 3 is 2.70 bits per heavy atom. The van der Waals surface area contributed by atoms with E-state index in [4.69, 9.17) is 27.0 Å². The third kappa shape index (κ3) is 3.44. The molecule has 0 aromatic heterocycles. The first-order chi connectivity index (χ1) is 9.29. The first kappa shape index (κ1) is 15.6. The van der Waals surface area contributed by atoms with E-state index < -0.39 is 15.0 Å². The first-order valence-corrected chi connectivity index (χ1v) is 8.64. The van der Waals surface area contributed by atoms with Gasteiger partial charge in [0.1, 0.15) is 0 Å². The van der Waals surface area contributed by atoms with Gasteiger partial charge in [0.25, 0.3) is 15.0 Å². The molecular weight excluding hydrogens is 325 g/mol. The van der Waals surface area contributed by atoms with Gasteiger partial charge in [0.15, 0.2) is 0 Å². The van der Waals surface area contributed by atoms with E-state index in [1.807, 2.05) is 6.92 Å². The van der Waals surface area contributed by atoms with Gasteiger partial charge in [-0.15, -0.1) is 0 Å². The molecule has 1 aromatic rings. The number of nitrogens with one attached hydrogen (secondary N) is 1. The molecule has 1 aliphatic heterocycles.